The van der Waals surface area contributed by atoms with Crippen LogP contribution < -0.4 is 10.1 Å². The minimum Gasteiger partial charge on any atom is -0.494 e. The number of amides is 1. The van der Waals surface area contributed by atoms with Crippen molar-refractivity contribution in [1.29, 1.82) is 0 Å². The lowest BCUT2D eigenvalue weighted by atomic mass is 9.99. The SMILES string of the molecule is CCOc1ccccc1CCCNC(=O)[C@H]1CCCN(S(=O)(=O)c2ccccc2)C1. The van der Waals surface area contributed by atoms with Crippen LogP contribution in [-0.2, 0) is 21.2 Å². The molecule has 0 radical (unpaired) electrons. The third kappa shape index (κ3) is 5.61. The Bertz CT molecular complexity index is 931. The summed E-state index contributed by atoms with van der Waals surface area (Å²) in [5.41, 5.74) is 1.13. The number of piperidine rings is 1. The summed E-state index contributed by atoms with van der Waals surface area (Å²) in [6.07, 6.45) is 3.01. The Balaban J connectivity index is 1.50. The molecule has 0 aromatic heterocycles. The maximum Gasteiger partial charge on any atom is 0.243 e. The van der Waals surface area contributed by atoms with E-state index in [0.29, 0.717) is 32.5 Å². The largest absolute Gasteiger partial charge is 0.494 e. The van der Waals surface area contributed by atoms with Crippen molar-refractivity contribution >= 4 is 15.9 Å². The van der Waals surface area contributed by atoms with Gasteiger partial charge in [0.2, 0.25) is 15.9 Å². The number of nitrogens with zero attached hydrogens (tertiary/aromatic N) is 1. The quantitative estimate of drug-likeness (QED) is 0.620. The topological polar surface area (TPSA) is 75.7 Å². The van der Waals surface area contributed by atoms with Crippen LogP contribution in [-0.4, -0.2) is 44.9 Å². The van der Waals surface area contributed by atoms with Crippen LogP contribution in [0.5, 0.6) is 5.75 Å². The van der Waals surface area contributed by atoms with Gasteiger partial charge >= 0.3 is 0 Å². The van der Waals surface area contributed by atoms with Gasteiger partial charge in [0, 0.05) is 19.6 Å². The average molecular weight is 431 g/mol. The number of rotatable bonds is 9. The van der Waals surface area contributed by atoms with Crippen molar-refractivity contribution < 1.29 is 17.9 Å². The van der Waals surface area contributed by atoms with Crippen LogP contribution in [0.25, 0.3) is 0 Å². The molecule has 0 spiro atoms. The van der Waals surface area contributed by atoms with E-state index < -0.39 is 10.0 Å². The lowest BCUT2D eigenvalue weighted by molar-refractivity contribution is -0.126. The van der Waals surface area contributed by atoms with Gasteiger partial charge in [-0.1, -0.05) is 36.4 Å². The Labute approximate surface area is 179 Å². The first kappa shape index (κ1) is 22.3. The molecular formula is C23H30N2O4S. The molecule has 162 valence electrons. The summed E-state index contributed by atoms with van der Waals surface area (Å²) in [6.45, 7) is 3.83. The van der Waals surface area contributed by atoms with Gasteiger partial charge in [0.1, 0.15) is 5.75 Å². The molecule has 2 aromatic rings. The van der Waals surface area contributed by atoms with Gasteiger partial charge in [0.25, 0.3) is 0 Å². The molecule has 1 heterocycles. The van der Waals surface area contributed by atoms with E-state index in [1.807, 2.05) is 31.2 Å². The van der Waals surface area contributed by atoms with Gasteiger partial charge < -0.3 is 10.1 Å². The van der Waals surface area contributed by atoms with E-state index in [1.165, 1.54) is 4.31 Å². The van der Waals surface area contributed by atoms with Crippen molar-refractivity contribution in [2.45, 2.75) is 37.5 Å². The molecular weight excluding hydrogens is 400 g/mol. The summed E-state index contributed by atoms with van der Waals surface area (Å²) >= 11 is 0. The predicted octanol–water partition coefficient (Wildman–Crippen LogP) is 3.24. The molecule has 1 aliphatic heterocycles. The van der Waals surface area contributed by atoms with Gasteiger partial charge in [-0.25, -0.2) is 8.42 Å². The van der Waals surface area contributed by atoms with E-state index in [2.05, 4.69) is 5.32 Å². The lowest BCUT2D eigenvalue weighted by Crippen LogP contribution is -2.45. The standard InChI is InChI=1S/C23H30N2O4S/c1-2-29-22-15-7-6-10-19(22)11-8-16-24-23(26)20-12-9-17-25(18-20)30(27,28)21-13-4-3-5-14-21/h3-7,10,13-15,20H,2,8-9,11-12,16-18H2,1H3,(H,24,26)/t20-/m0/s1. The highest BCUT2D eigenvalue weighted by atomic mass is 32.2. The molecule has 2 aromatic carbocycles. The first-order valence-corrected chi connectivity index (χ1v) is 12.0. The molecule has 30 heavy (non-hydrogen) atoms. The number of hydrogen-bond donors (Lipinski definition) is 1. The molecule has 3 rings (SSSR count). The normalized spacial score (nSPS) is 17.4. The minimum atomic E-state index is -3.56. The van der Waals surface area contributed by atoms with Crippen LogP contribution >= 0.6 is 0 Å². The summed E-state index contributed by atoms with van der Waals surface area (Å²) in [7, 11) is -3.56. The fraction of sp³-hybridized carbons (Fsp3) is 0.435. The predicted molar refractivity (Wildman–Crippen MR) is 117 cm³/mol. The first-order chi connectivity index (χ1) is 14.5. The number of ether oxygens (including phenoxy) is 1. The fourth-order valence-corrected chi connectivity index (χ4v) is 5.30. The third-order valence-electron chi connectivity index (χ3n) is 5.33. The zero-order valence-electron chi connectivity index (χ0n) is 17.4. The van der Waals surface area contributed by atoms with Gasteiger partial charge in [0.05, 0.1) is 17.4 Å². The zero-order chi connectivity index (χ0) is 21.4. The number of para-hydroxylation sites is 1. The second-order valence-corrected chi connectivity index (χ2v) is 9.39. The minimum absolute atomic E-state index is 0.0685. The van der Waals surface area contributed by atoms with Crippen LogP contribution in [0, 0.1) is 5.92 Å². The monoisotopic (exact) mass is 430 g/mol. The number of nitrogens with one attached hydrogen (secondary N) is 1. The number of hydrogen-bond acceptors (Lipinski definition) is 4. The summed E-state index contributed by atoms with van der Waals surface area (Å²) in [5.74, 6) is 0.509. The van der Waals surface area contributed by atoms with Gasteiger partial charge in [-0.2, -0.15) is 4.31 Å². The van der Waals surface area contributed by atoms with Gasteiger partial charge in [-0.05, 0) is 56.4 Å². The Morgan fingerprint density at radius 1 is 1.13 bits per heavy atom. The van der Waals surface area contributed by atoms with E-state index >= 15 is 0 Å². The molecule has 0 unspecified atom stereocenters. The van der Waals surface area contributed by atoms with Gasteiger partial charge in [-0.15, -0.1) is 0 Å². The number of sulfonamides is 1. The molecule has 6 nitrogen and oxygen atoms in total. The van der Waals surface area contributed by atoms with Crippen molar-refractivity contribution in [2.75, 3.05) is 26.2 Å². The molecule has 1 N–H and O–H groups in total. The Hall–Kier alpha value is -2.38. The lowest BCUT2D eigenvalue weighted by Gasteiger charge is -2.31. The van der Waals surface area contributed by atoms with Crippen molar-refractivity contribution in [2.24, 2.45) is 5.92 Å². The second kappa shape index (κ2) is 10.6. The number of carbonyl (C=O) groups excluding carboxylic acids is 1. The number of carbonyl (C=O) groups is 1. The summed E-state index contributed by atoms with van der Waals surface area (Å²) in [5, 5.41) is 2.98. The van der Waals surface area contributed by atoms with E-state index in [0.717, 1.165) is 24.2 Å². The highest BCUT2D eigenvalue weighted by Crippen LogP contribution is 2.24. The zero-order valence-corrected chi connectivity index (χ0v) is 18.2. The van der Waals surface area contributed by atoms with Crippen molar-refractivity contribution in [1.82, 2.24) is 9.62 Å². The van der Waals surface area contributed by atoms with Crippen molar-refractivity contribution in [3.05, 3.63) is 60.2 Å². The molecule has 0 aliphatic carbocycles. The van der Waals surface area contributed by atoms with Crippen LogP contribution in [0.2, 0.25) is 0 Å². The summed E-state index contributed by atoms with van der Waals surface area (Å²) < 4.78 is 32.8. The van der Waals surface area contributed by atoms with Crippen LogP contribution in [0.1, 0.15) is 31.7 Å². The molecule has 1 aliphatic rings. The van der Waals surface area contributed by atoms with Gasteiger partial charge in [0.15, 0.2) is 0 Å². The third-order valence-corrected chi connectivity index (χ3v) is 7.21. The van der Waals surface area contributed by atoms with Gasteiger partial charge in [-0.3, -0.25) is 4.79 Å². The molecule has 1 atom stereocenters. The number of benzene rings is 2. The maximum absolute atomic E-state index is 12.8. The Kier molecular flexibility index (Phi) is 7.87. The van der Waals surface area contributed by atoms with E-state index in [1.54, 1.807) is 30.3 Å². The van der Waals surface area contributed by atoms with Crippen molar-refractivity contribution in [3.63, 3.8) is 0 Å². The molecule has 1 saturated heterocycles. The maximum atomic E-state index is 12.8. The van der Waals surface area contributed by atoms with Crippen LogP contribution in [0.3, 0.4) is 0 Å². The average Bonchev–Trinajstić information content (AvgIpc) is 2.78. The smallest absolute Gasteiger partial charge is 0.243 e. The molecule has 7 heteroatoms. The molecule has 0 bridgehead atoms. The molecule has 0 saturated carbocycles. The van der Waals surface area contributed by atoms with E-state index in [4.69, 9.17) is 4.74 Å². The van der Waals surface area contributed by atoms with Crippen molar-refractivity contribution in [3.8, 4) is 5.75 Å². The Morgan fingerprint density at radius 3 is 2.63 bits per heavy atom. The highest BCUT2D eigenvalue weighted by molar-refractivity contribution is 7.89. The first-order valence-electron chi connectivity index (χ1n) is 10.6. The molecule has 1 fully saturated rings. The Morgan fingerprint density at radius 2 is 1.87 bits per heavy atom. The fourth-order valence-electron chi connectivity index (χ4n) is 3.76. The highest BCUT2D eigenvalue weighted by Gasteiger charge is 2.33. The summed E-state index contributed by atoms with van der Waals surface area (Å²) in [6, 6.07) is 16.3. The molecule has 1 amide bonds. The van der Waals surface area contributed by atoms with Crippen LogP contribution in [0.4, 0.5) is 0 Å². The van der Waals surface area contributed by atoms with E-state index in [9.17, 15) is 13.2 Å². The van der Waals surface area contributed by atoms with E-state index in [-0.39, 0.29) is 23.3 Å². The second-order valence-electron chi connectivity index (χ2n) is 7.45. The van der Waals surface area contributed by atoms with Crippen LogP contribution in [0.15, 0.2) is 59.5 Å². The summed E-state index contributed by atoms with van der Waals surface area (Å²) in [4.78, 5) is 12.9. The number of aryl methyl sites for hydroxylation is 1.